The SMILES string of the molecule is O=C(O)CCCCCCN1C(=O)N(Cc2ccccc2)CC1C=CC(O)C(F)(F)c1ccccc1. The standard InChI is InChI=1S/C27H32F2N2O4/c28-27(29,22-13-7-4-8-14-22)24(32)17-16-23-20-30(19-21-11-5-3-6-12-21)26(35)31(23)18-10-2-1-9-15-25(33)34/h3-8,11-14,16-17,23-24,32H,1-2,9-10,15,18-20H2,(H,33,34). The first-order valence-electron chi connectivity index (χ1n) is 11.9. The van der Waals surface area contributed by atoms with Crippen molar-refractivity contribution in [3.8, 4) is 0 Å². The first kappa shape index (κ1) is 26.3. The topological polar surface area (TPSA) is 81.1 Å². The minimum absolute atomic E-state index is 0.117. The van der Waals surface area contributed by atoms with Crippen LogP contribution in [0.4, 0.5) is 13.6 Å². The molecule has 1 saturated heterocycles. The summed E-state index contributed by atoms with van der Waals surface area (Å²) < 4.78 is 29.4. The molecule has 0 aromatic heterocycles. The number of aliphatic carboxylic acids is 1. The fourth-order valence-electron chi connectivity index (χ4n) is 4.19. The fraction of sp³-hybridized carbons (Fsp3) is 0.407. The number of nitrogens with zero attached hydrogens (tertiary/aromatic N) is 2. The molecule has 8 heteroatoms. The van der Waals surface area contributed by atoms with E-state index in [1.54, 1.807) is 15.9 Å². The molecule has 1 heterocycles. The van der Waals surface area contributed by atoms with Crippen LogP contribution in [0.3, 0.4) is 0 Å². The number of carboxylic acids is 1. The van der Waals surface area contributed by atoms with E-state index >= 15 is 0 Å². The summed E-state index contributed by atoms with van der Waals surface area (Å²) in [4.78, 5) is 27.1. The van der Waals surface area contributed by atoms with Crippen molar-refractivity contribution < 1.29 is 28.6 Å². The molecule has 2 amide bonds. The summed E-state index contributed by atoms with van der Waals surface area (Å²) in [7, 11) is 0. The Hall–Kier alpha value is -3.26. The number of rotatable bonds is 13. The molecule has 0 spiro atoms. The molecule has 1 aliphatic heterocycles. The number of hydrogen-bond donors (Lipinski definition) is 2. The number of alkyl halides is 2. The van der Waals surface area contributed by atoms with Crippen LogP contribution >= 0.6 is 0 Å². The molecular weight excluding hydrogens is 454 g/mol. The van der Waals surface area contributed by atoms with Crippen LogP contribution in [0.1, 0.15) is 43.2 Å². The largest absolute Gasteiger partial charge is 0.481 e. The molecule has 2 N–H and O–H groups in total. The monoisotopic (exact) mass is 486 g/mol. The molecule has 35 heavy (non-hydrogen) atoms. The molecule has 188 valence electrons. The molecule has 2 aromatic carbocycles. The van der Waals surface area contributed by atoms with Crippen molar-refractivity contribution in [1.29, 1.82) is 0 Å². The van der Waals surface area contributed by atoms with Crippen LogP contribution in [0.25, 0.3) is 0 Å². The number of aliphatic hydroxyl groups excluding tert-OH is 1. The Balaban J connectivity index is 1.67. The van der Waals surface area contributed by atoms with Crippen molar-refractivity contribution >= 4 is 12.0 Å². The molecule has 2 atom stereocenters. The highest BCUT2D eigenvalue weighted by atomic mass is 19.3. The van der Waals surface area contributed by atoms with Crippen LogP contribution in [0.5, 0.6) is 0 Å². The summed E-state index contributed by atoms with van der Waals surface area (Å²) in [5.74, 6) is -4.29. The summed E-state index contributed by atoms with van der Waals surface area (Å²) in [5, 5.41) is 19.0. The number of carbonyl (C=O) groups excluding carboxylic acids is 1. The van der Waals surface area contributed by atoms with Gasteiger partial charge in [-0.1, -0.05) is 85.7 Å². The Morgan fingerprint density at radius 1 is 1.03 bits per heavy atom. The van der Waals surface area contributed by atoms with E-state index in [1.165, 1.54) is 30.3 Å². The van der Waals surface area contributed by atoms with Gasteiger partial charge in [-0.2, -0.15) is 8.78 Å². The number of halogens is 2. The molecule has 0 aliphatic carbocycles. The number of carboxylic acid groups (broad SMARTS) is 1. The molecule has 0 saturated carbocycles. The van der Waals surface area contributed by atoms with Crippen molar-refractivity contribution in [1.82, 2.24) is 9.80 Å². The highest BCUT2D eigenvalue weighted by Gasteiger charge is 2.40. The lowest BCUT2D eigenvalue weighted by atomic mass is 10.0. The van der Waals surface area contributed by atoms with Crippen molar-refractivity contribution in [3.63, 3.8) is 0 Å². The maximum Gasteiger partial charge on any atom is 0.320 e. The van der Waals surface area contributed by atoms with Crippen LogP contribution in [0.15, 0.2) is 72.8 Å². The Bertz CT molecular complexity index is 985. The van der Waals surface area contributed by atoms with Gasteiger partial charge in [-0.3, -0.25) is 4.79 Å². The summed E-state index contributed by atoms with van der Waals surface area (Å²) in [6.45, 7) is 1.16. The second-order valence-corrected chi connectivity index (χ2v) is 8.79. The second-order valence-electron chi connectivity index (χ2n) is 8.79. The molecule has 3 rings (SSSR count). The summed E-state index contributed by atoms with van der Waals surface area (Å²) in [6.07, 6.45) is 3.43. The number of carbonyl (C=O) groups is 2. The Kier molecular flexibility index (Phi) is 9.37. The number of amides is 2. The van der Waals surface area contributed by atoms with Crippen molar-refractivity contribution in [2.45, 2.75) is 56.7 Å². The van der Waals surface area contributed by atoms with Gasteiger partial charge in [0.1, 0.15) is 6.10 Å². The highest BCUT2D eigenvalue weighted by Crippen LogP contribution is 2.32. The molecule has 6 nitrogen and oxygen atoms in total. The van der Waals surface area contributed by atoms with Crippen LogP contribution in [-0.2, 0) is 17.3 Å². The van der Waals surface area contributed by atoms with Crippen molar-refractivity contribution in [2.75, 3.05) is 13.1 Å². The fourth-order valence-corrected chi connectivity index (χ4v) is 4.19. The average molecular weight is 487 g/mol. The smallest absolute Gasteiger partial charge is 0.320 e. The number of aliphatic hydroxyl groups is 1. The van der Waals surface area contributed by atoms with E-state index in [0.717, 1.165) is 24.5 Å². The van der Waals surface area contributed by atoms with Gasteiger partial charge >= 0.3 is 17.9 Å². The number of urea groups is 1. The van der Waals surface area contributed by atoms with Gasteiger partial charge in [0.2, 0.25) is 0 Å². The number of benzene rings is 2. The Labute approximate surface area is 204 Å². The maximum atomic E-state index is 14.7. The third kappa shape index (κ3) is 7.36. The van der Waals surface area contributed by atoms with Crippen molar-refractivity contribution in [2.24, 2.45) is 0 Å². The quantitative estimate of drug-likeness (QED) is 0.307. The molecular formula is C27H32F2N2O4. The van der Waals surface area contributed by atoms with Gasteiger partial charge in [0.05, 0.1) is 6.04 Å². The lowest BCUT2D eigenvalue weighted by Crippen LogP contribution is -2.35. The molecule has 2 unspecified atom stereocenters. The highest BCUT2D eigenvalue weighted by molar-refractivity contribution is 5.77. The third-order valence-electron chi connectivity index (χ3n) is 6.13. The van der Waals surface area contributed by atoms with Crippen molar-refractivity contribution in [3.05, 3.63) is 83.9 Å². The normalized spacial score (nSPS) is 17.3. The van der Waals surface area contributed by atoms with E-state index in [9.17, 15) is 23.5 Å². The summed E-state index contributed by atoms with van der Waals surface area (Å²) in [5.41, 5.74) is 0.693. The maximum absolute atomic E-state index is 14.7. The molecule has 1 fully saturated rings. The first-order chi connectivity index (χ1) is 16.8. The molecule has 0 radical (unpaired) electrons. The molecule has 1 aliphatic rings. The molecule has 2 aromatic rings. The lowest BCUT2D eigenvalue weighted by molar-refractivity contribution is -0.137. The van der Waals surface area contributed by atoms with Crippen LogP contribution in [-0.4, -0.2) is 57.2 Å². The van der Waals surface area contributed by atoms with Gasteiger partial charge in [0.15, 0.2) is 0 Å². The van der Waals surface area contributed by atoms with E-state index < -0.39 is 24.0 Å². The van der Waals surface area contributed by atoms with Gasteiger partial charge in [-0.15, -0.1) is 0 Å². The van der Waals surface area contributed by atoms with Gasteiger partial charge in [0.25, 0.3) is 0 Å². The van der Waals surface area contributed by atoms with E-state index in [4.69, 9.17) is 5.11 Å². The number of hydrogen-bond acceptors (Lipinski definition) is 3. The zero-order valence-electron chi connectivity index (χ0n) is 19.6. The third-order valence-corrected chi connectivity index (χ3v) is 6.13. The summed E-state index contributed by atoms with van der Waals surface area (Å²) >= 11 is 0. The predicted molar refractivity (Wildman–Crippen MR) is 129 cm³/mol. The average Bonchev–Trinajstić information content (AvgIpc) is 3.14. The van der Waals surface area contributed by atoms with Gasteiger partial charge < -0.3 is 20.0 Å². The zero-order chi connectivity index (χ0) is 25.3. The van der Waals surface area contributed by atoms with E-state index in [-0.39, 0.29) is 18.0 Å². The van der Waals surface area contributed by atoms with E-state index in [1.807, 2.05) is 30.3 Å². The van der Waals surface area contributed by atoms with Crippen LogP contribution in [0, 0.1) is 0 Å². The Morgan fingerprint density at radius 2 is 1.66 bits per heavy atom. The van der Waals surface area contributed by atoms with E-state index in [2.05, 4.69) is 0 Å². The van der Waals surface area contributed by atoms with Gasteiger partial charge in [-0.05, 0) is 18.4 Å². The number of unbranched alkanes of at least 4 members (excludes halogenated alkanes) is 3. The first-order valence-corrected chi connectivity index (χ1v) is 11.9. The zero-order valence-corrected chi connectivity index (χ0v) is 19.6. The molecule has 0 bridgehead atoms. The minimum atomic E-state index is -3.46. The Morgan fingerprint density at radius 3 is 2.31 bits per heavy atom. The van der Waals surface area contributed by atoms with Crippen LogP contribution in [0.2, 0.25) is 0 Å². The second kappa shape index (κ2) is 12.4. The van der Waals surface area contributed by atoms with Gasteiger partial charge in [-0.25, -0.2) is 4.79 Å². The minimum Gasteiger partial charge on any atom is -0.481 e. The predicted octanol–water partition coefficient (Wildman–Crippen LogP) is 5.04. The van der Waals surface area contributed by atoms with E-state index in [0.29, 0.717) is 32.5 Å². The van der Waals surface area contributed by atoms with Crippen LogP contribution < -0.4 is 0 Å². The van der Waals surface area contributed by atoms with Gasteiger partial charge in [0, 0.05) is 31.6 Å². The lowest BCUT2D eigenvalue weighted by Gasteiger charge is -2.23. The summed E-state index contributed by atoms with van der Waals surface area (Å²) in [6, 6.07) is 16.1.